The van der Waals surface area contributed by atoms with Crippen molar-refractivity contribution in [1.82, 2.24) is 10.2 Å². The maximum atomic E-state index is 3.99. The summed E-state index contributed by atoms with van der Waals surface area (Å²) in [6.07, 6.45) is 13.4. The van der Waals surface area contributed by atoms with Crippen LogP contribution < -0.4 is 5.32 Å². The molecule has 2 nitrogen and oxygen atoms in total. The number of hydrogen-bond donors (Lipinski definition) is 1. The van der Waals surface area contributed by atoms with Crippen LogP contribution in [-0.4, -0.2) is 36.1 Å². The summed E-state index contributed by atoms with van der Waals surface area (Å²) in [5, 5.41) is 3.99. The minimum Gasteiger partial charge on any atom is -0.308 e. The molecule has 20 heavy (non-hydrogen) atoms. The molecule has 1 heterocycles. The summed E-state index contributed by atoms with van der Waals surface area (Å²) in [6.45, 7) is 6.51. The second-order valence-corrected chi connectivity index (χ2v) is 8.41. The summed E-state index contributed by atoms with van der Waals surface area (Å²) in [4.78, 5) is 2.93. The van der Waals surface area contributed by atoms with E-state index in [4.69, 9.17) is 0 Å². The van der Waals surface area contributed by atoms with Crippen LogP contribution >= 0.6 is 0 Å². The molecule has 4 rings (SSSR count). The Morgan fingerprint density at radius 1 is 1.00 bits per heavy atom. The van der Waals surface area contributed by atoms with Gasteiger partial charge in [0.15, 0.2) is 0 Å². The van der Waals surface area contributed by atoms with Gasteiger partial charge in [-0.05, 0) is 63.2 Å². The first-order chi connectivity index (χ1) is 9.74. The highest BCUT2D eigenvalue weighted by Crippen LogP contribution is 2.43. The lowest BCUT2D eigenvalue weighted by Crippen LogP contribution is -2.65. The Morgan fingerprint density at radius 3 is 2.40 bits per heavy atom. The summed E-state index contributed by atoms with van der Waals surface area (Å²) in [5.74, 6) is 3.00. The molecule has 0 aromatic rings. The number of piperazine rings is 1. The Kier molecular flexibility index (Phi) is 3.58. The molecule has 0 aromatic heterocycles. The molecule has 114 valence electrons. The molecule has 0 aromatic carbocycles. The molecule has 4 aliphatic rings. The van der Waals surface area contributed by atoms with E-state index in [1.54, 1.807) is 0 Å². The van der Waals surface area contributed by atoms with Crippen LogP contribution in [-0.2, 0) is 0 Å². The van der Waals surface area contributed by atoms with Crippen molar-refractivity contribution in [2.24, 2.45) is 17.8 Å². The number of rotatable bonds is 4. The standard InChI is InChI=1S/C18H32N2/c1-18(16-9-10-16)13-20(12-14-7-8-14)17(11-19-18)15-5-3-2-4-6-15/h14-17,19H,2-13H2,1H3. The normalized spacial score (nSPS) is 41.0. The fourth-order valence-electron chi connectivity index (χ4n) is 4.87. The third kappa shape index (κ3) is 2.78. The lowest BCUT2D eigenvalue weighted by atomic mass is 9.80. The first-order valence-electron chi connectivity index (χ1n) is 9.24. The molecule has 1 saturated heterocycles. The second kappa shape index (κ2) is 5.28. The molecule has 3 aliphatic carbocycles. The molecular formula is C18H32N2. The van der Waals surface area contributed by atoms with Crippen LogP contribution in [0.1, 0.15) is 64.7 Å². The zero-order valence-electron chi connectivity index (χ0n) is 13.2. The fourth-order valence-corrected chi connectivity index (χ4v) is 4.87. The number of nitrogens with zero attached hydrogens (tertiary/aromatic N) is 1. The van der Waals surface area contributed by atoms with Gasteiger partial charge in [0.2, 0.25) is 0 Å². The van der Waals surface area contributed by atoms with Crippen molar-refractivity contribution >= 4 is 0 Å². The van der Waals surface area contributed by atoms with Crippen LogP contribution in [0.2, 0.25) is 0 Å². The molecule has 4 fully saturated rings. The zero-order valence-corrected chi connectivity index (χ0v) is 13.2. The summed E-state index contributed by atoms with van der Waals surface area (Å²) in [7, 11) is 0. The van der Waals surface area contributed by atoms with E-state index in [1.165, 1.54) is 77.4 Å². The van der Waals surface area contributed by atoms with E-state index in [9.17, 15) is 0 Å². The van der Waals surface area contributed by atoms with Crippen molar-refractivity contribution in [2.45, 2.75) is 76.3 Å². The van der Waals surface area contributed by atoms with Crippen LogP contribution in [0.15, 0.2) is 0 Å². The van der Waals surface area contributed by atoms with Gasteiger partial charge in [0, 0.05) is 31.2 Å². The van der Waals surface area contributed by atoms with E-state index in [1.807, 2.05) is 0 Å². The number of hydrogen-bond acceptors (Lipinski definition) is 2. The van der Waals surface area contributed by atoms with E-state index in [0.29, 0.717) is 5.54 Å². The largest absolute Gasteiger partial charge is 0.308 e. The Hall–Kier alpha value is -0.0800. The van der Waals surface area contributed by atoms with Crippen LogP contribution in [0, 0.1) is 17.8 Å². The zero-order chi connectivity index (χ0) is 13.6. The minimum atomic E-state index is 0.431. The summed E-state index contributed by atoms with van der Waals surface area (Å²) >= 11 is 0. The Balaban J connectivity index is 1.45. The Bertz CT molecular complexity index is 341. The molecule has 2 heteroatoms. The van der Waals surface area contributed by atoms with Crippen molar-refractivity contribution in [3.63, 3.8) is 0 Å². The first kappa shape index (κ1) is 13.6. The maximum absolute atomic E-state index is 3.99. The highest BCUT2D eigenvalue weighted by molar-refractivity contribution is 5.05. The summed E-state index contributed by atoms with van der Waals surface area (Å²) in [6, 6.07) is 0.850. The predicted octanol–water partition coefficient (Wildman–Crippen LogP) is 3.42. The molecule has 0 bridgehead atoms. The highest BCUT2D eigenvalue weighted by atomic mass is 15.3. The molecule has 0 spiro atoms. The van der Waals surface area contributed by atoms with E-state index in [0.717, 1.165) is 23.8 Å². The summed E-state index contributed by atoms with van der Waals surface area (Å²) < 4.78 is 0. The van der Waals surface area contributed by atoms with Gasteiger partial charge >= 0.3 is 0 Å². The van der Waals surface area contributed by atoms with Crippen LogP contribution in [0.4, 0.5) is 0 Å². The molecule has 1 aliphatic heterocycles. The van der Waals surface area contributed by atoms with Gasteiger partial charge in [0.05, 0.1) is 0 Å². The molecule has 0 amide bonds. The molecule has 1 N–H and O–H groups in total. The summed E-state index contributed by atoms with van der Waals surface area (Å²) in [5.41, 5.74) is 0.431. The van der Waals surface area contributed by atoms with Crippen molar-refractivity contribution in [2.75, 3.05) is 19.6 Å². The van der Waals surface area contributed by atoms with E-state index in [-0.39, 0.29) is 0 Å². The smallest absolute Gasteiger partial charge is 0.0309 e. The van der Waals surface area contributed by atoms with Crippen molar-refractivity contribution < 1.29 is 0 Å². The lowest BCUT2D eigenvalue weighted by molar-refractivity contribution is 0.0308. The van der Waals surface area contributed by atoms with Gasteiger partial charge in [-0.15, -0.1) is 0 Å². The second-order valence-electron chi connectivity index (χ2n) is 8.41. The van der Waals surface area contributed by atoms with E-state index in [2.05, 4.69) is 17.1 Å². The Morgan fingerprint density at radius 2 is 1.75 bits per heavy atom. The molecular weight excluding hydrogens is 244 g/mol. The lowest BCUT2D eigenvalue weighted by Gasteiger charge is -2.50. The van der Waals surface area contributed by atoms with Crippen LogP contribution in [0.5, 0.6) is 0 Å². The highest BCUT2D eigenvalue weighted by Gasteiger charge is 2.47. The fraction of sp³-hybridized carbons (Fsp3) is 1.00. The van der Waals surface area contributed by atoms with Crippen molar-refractivity contribution in [3.8, 4) is 0 Å². The molecule has 0 radical (unpaired) electrons. The quantitative estimate of drug-likeness (QED) is 0.846. The average Bonchev–Trinajstić information content (AvgIpc) is 3.33. The third-order valence-electron chi connectivity index (χ3n) is 6.58. The molecule has 2 unspecified atom stereocenters. The van der Waals surface area contributed by atoms with Gasteiger partial charge in [-0.1, -0.05) is 19.3 Å². The Labute approximate surface area is 124 Å². The van der Waals surface area contributed by atoms with Crippen LogP contribution in [0.3, 0.4) is 0 Å². The topological polar surface area (TPSA) is 15.3 Å². The molecule has 3 saturated carbocycles. The van der Waals surface area contributed by atoms with E-state index >= 15 is 0 Å². The third-order valence-corrected chi connectivity index (χ3v) is 6.58. The van der Waals surface area contributed by atoms with Gasteiger partial charge in [0.25, 0.3) is 0 Å². The maximum Gasteiger partial charge on any atom is 0.0309 e. The predicted molar refractivity (Wildman–Crippen MR) is 83.8 cm³/mol. The molecule has 2 atom stereocenters. The minimum absolute atomic E-state index is 0.431. The average molecular weight is 276 g/mol. The van der Waals surface area contributed by atoms with Gasteiger partial charge in [-0.25, -0.2) is 0 Å². The van der Waals surface area contributed by atoms with Crippen molar-refractivity contribution in [3.05, 3.63) is 0 Å². The SMILES string of the molecule is CC1(C2CC2)CN(CC2CC2)C(C2CCCCC2)CN1. The van der Waals surface area contributed by atoms with Crippen LogP contribution in [0.25, 0.3) is 0 Å². The monoisotopic (exact) mass is 276 g/mol. The van der Waals surface area contributed by atoms with E-state index < -0.39 is 0 Å². The van der Waals surface area contributed by atoms with Gasteiger partial charge in [-0.2, -0.15) is 0 Å². The number of nitrogens with one attached hydrogen (secondary N) is 1. The first-order valence-corrected chi connectivity index (χ1v) is 9.24. The van der Waals surface area contributed by atoms with Gasteiger partial charge in [0.1, 0.15) is 0 Å². The van der Waals surface area contributed by atoms with Gasteiger partial charge in [-0.3, -0.25) is 4.90 Å². The van der Waals surface area contributed by atoms with Gasteiger partial charge < -0.3 is 5.32 Å². The van der Waals surface area contributed by atoms with Crippen molar-refractivity contribution in [1.29, 1.82) is 0 Å².